The zero-order chi connectivity index (χ0) is 14.5. The topological polar surface area (TPSA) is 70.8 Å². The van der Waals surface area contributed by atoms with Crippen LogP contribution in [0.15, 0.2) is 18.2 Å². The largest absolute Gasteiger partial charge is 0.495 e. The number of methoxy groups -OCH3 is 1. The lowest BCUT2D eigenvalue weighted by atomic mass is 10.1. The van der Waals surface area contributed by atoms with Crippen LogP contribution >= 0.6 is 0 Å². The lowest BCUT2D eigenvalue weighted by Gasteiger charge is -2.32. The molecule has 0 bridgehead atoms. The Balaban J connectivity index is 1.87. The number of benzene rings is 1. The van der Waals surface area contributed by atoms with Gasteiger partial charge < -0.3 is 15.4 Å². The van der Waals surface area contributed by atoms with Crippen molar-refractivity contribution in [1.29, 1.82) is 0 Å². The summed E-state index contributed by atoms with van der Waals surface area (Å²) in [4.78, 5) is 14.4. The zero-order valence-corrected chi connectivity index (χ0v) is 12.1. The number of carbonyl (C=O) groups is 1. The minimum atomic E-state index is 0.0262. The molecule has 0 amide bonds. The number of nitrogen functional groups attached to an aromatic ring is 1. The van der Waals surface area contributed by atoms with Crippen LogP contribution in [0.2, 0.25) is 0 Å². The number of rotatable bonds is 5. The molecule has 20 heavy (non-hydrogen) atoms. The molecule has 0 atom stereocenters. The van der Waals surface area contributed by atoms with Crippen molar-refractivity contribution in [1.82, 2.24) is 15.3 Å². The highest BCUT2D eigenvalue weighted by molar-refractivity contribution is 5.98. The molecule has 0 saturated carbocycles. The van der Waals surface area contributed by atoms with Crippen molar-refractivity contribution in [2.45, 2.75) is 0 Å². The van der Waals surface area contributed by atoms with Gasteiger partial charge in [-0.25, -0.2) is 10.4 Å². The lowest BCUT2D eigenvalue weighted by molar-refractivity contribution is 0.0838. The predicted molar refractivity (Wildman–Crippen MR) is 78.8 cm³/mol. The van der Waals surface area contributed by atoms with Crippen molar-refractivity contribution in [3.63, 3.8) is 0 Å². The monoisotopic (exact) mass is 278 g/mol. The highest BCUT2D eigenvalue weighted by atomic mass is 16.5. The molecule has 1 aliphatic rings. The molecule has 1 heterocycles. The first-order valence-corrected chi connectivity index (χ1v) is 6.74. The van der Waals surface area contributed by atoms with E-state index < -0.39 is 0 Å². The Morgan fingerprint density at radius 3 is 2.65 bits per heavy atom. The van der Waals surface area contributed by atoms with E-state index in [0.717, 1.165) is 26.2 Å². The van der Waals surface area contributed by atoms with Gasteiger partial charge in [0.05, 0.1) is 19.3 Å². The van der Waals surface area contributed by atoms with E-state index in [1.165, 1.54) is 0 Å². The summed E-state index contributed by atoms with van der Waals surface area (Å²) in [5, 5.41) is 2.09. The van der Waals surface area contributed by atoms with Gasteiger partial charge in [0, 0.05) is 31.7 Å². The first-order chi connectivity index (χ1) is 9.60. The van der Waals surface area contributed by atoms with Gasteiger partial charge in [0.25, 0.3) is 0 Å². The molecule has 0 aromatic heterocycles. The van der Waals surface area contributed by atoms with Crippen molar-refractivity contribution in [3.8, 4) is 5.75 Å². The number of likely N-dealkylation sites (N-methyl/N-ethyl adjacent to an activating group) is 1. The number of hydrogen-bond donors (Lipinski definition) is 2. The Morgan fingerprint density at radius 2 is 2.05 bits per heavy atom. The normalized spacial score (nSPS) is 17.1. The minimum absolute atomic E-state index is 0.0262. The lowest BCUT2D eigenvalue weighted by Crippen LogP contribution is -2.51. The van der Waals surface area contributed by atoms with Crippen LogP contribution in [0.4, 0.5) is 5.69 Å². The second kappa shape index (κ2) is 6.69. The Kier molecular flexibility index (Phi) is 4.94. The molecule has 0 radical (unpaired) electrons. The average Bonchev–Trinajstić information content (AvgIpc) is 2.46. The van der Waals surface area contributed by atoms with Crippen LogP contribution in [0.1, 0.15) is 10.4 Å². The van der Waals surface area contributed by atoms with E-state index in [1.54, 1.807) is 25.3 Å². The molecule has 6 nitrogen and oxygen atoms in total. The third kappa shape index (κ3) is 3.69. The molecule has 6 heteroatoms. The van der Waals surface area contributed by atoms with E-state index in [9.17, 15) is 4.79 Å². The number of carbonyl (C=O) groups excluding carboxylic acids is 1. The molecular formula is C14H22N4O2. The van der Waals surface area contributed by atoms with Gasteiger partial charge in [-0.15, -0.1) is 0 Å². The fraction of sp³-hybridized carbons (Fsp3) is 0.500. The molecule has 1 aliphatic heterocycles. The first kappa shape index (κ1) is 14.8. The number of hydrazine groups is 1. The molecule has 0 unspecified atom stereocenters. The minimum Gasteiger partial charge on any atom is -0.495 e. The number of hydrogen-bond acceptors (Lipinski definition) is 6. The van der Waals surface area contributed by atoms with E-state index >= 15 is 0 Å². The molecule has 1 aromatic rings. The fourth-order valence-corrected chi connectivity index (χ4v) is 2.16. The molecule has 0 aliphatic carbocycles. The van der Waals surface area contributed by atoms with Crippen LogP contribution in [-0.4, -0.2) is 62.6 Å². The summed E-state index contributed by atoms with van der Waals surface area (Å²) < 4.78 is 5.08. The van der Waals surface area contributed by atoms with Gasteiger partial charge in [-0.1, -0.05) is 0 Å². The van der Waals surface area contributed by atoms with Crippen molar-refractivity contribution in [2.24, 2.45) is 0 Å². The number of Topliss-reactive ketones (excluding diaryl/α,β-unsaturated/α-hetero) is 1. The average molecular weight is 278 g/mol. The van der Waals surface area contributed by atoms with Crippen molar-refractivity contribution < 1.29 is 9.53 Å². The third-order valence-electron chi connectivity index (χ3n) is 3.52. The molecule has 2 rings (SSSR count). The highest BCUT2D eigenvalue weighted by Crippen LogP contribution is 2.21. The van der Waals surface area contributed by atoms with E-state index in [-0.39, 0.29) is 12.3 Å². The summed E-state index contributed by atoms with van der Waals surface area (Å²) >= 11 is 0. The summed E-state index contributed by atoms with van der Waals surface area (Å²) in [6.07, 6.45) is 0. The number of anilines is 1. The van der Waals surface area contributed by atoms with Crippen LogP contribution in [0.3, 0.4) is 0 Å². The maximum Gasteiger partial charge on any atom is 0.178 e. The summed E-state index contributed by atoms with van der Waals surface area (Å²) in [7, 11) is 3.66. The van der Waals surface area contributed by atoms with E-state index in [1.807, 2.05) is 0 Å². The Bertz CT molecular complexity index is 470. The number of piperazine rings is 1. The van der Waals surface area contributed by atoms with Crippen molar-refractivity contribution in [3.05, 3.63) is 23.8 Å². The zero-order valence-electron chi connectivity index (χ0n) is 12.1. The maximum absolute atomic E-state index is 12.1. The SMILES string of the molecule is COc1ccc(C(=O)CNN2CCN(C)CC2)cc1N. The number of nitrogens with one attached hydrogen (secondary N) is 1. The molecule has 1 aromatic carbocycles. The summed E-state index contributed by atoms with van der Waals surface area (Å²) in [6, 6.07) is 5.12. The Hall–Kier alpha value is -1.63. The summed E-state index contributed by atoms with van der Waals surface area (Å²) in [5.41, 5.74) is 10.1. The van der Waals surface area contributed by atoms with Gasteiger partial charge in [0.1, 0.15) is 5.75 Å². The van der Waals surface area contributed by atoms with E-state index in [0.29, 0.717) is 17.0 Å². The van der Waals surface area contributed by atoms with E-state index in [4.69, 9.17) is 10.5 Å². The summed E-state index contributed by atoms with van der Waals surface area (Å²) in [6.45, 7) is 4.16. The molecule has 1 fully saturated rings. The van der Waals surface area contributed by atoms with Gasteiger partial charge in [-0.05, 0) is 25.2 Å². The number of ether oxygens (including phenoxy) is 1. The Labute approximate surface area is 119 Å². The second-order valence-corrected chi connectivity index (χ2v) is 5.01. The van der Waals surface area contributed by atoms with Gasteiger partial charge in [-0.2, -0.15) is 0 Å². The fourth-order valence-electron chi connectivity index (χ4n) is 2.16. The number of ketones is 1. The van der Waals surface area contributed by atoms with Crippen LogP contribution in [0.25, 0.3) is 0 Å². The third-order valence-corrected chi connectivity index (χ3v) is 3.52. The second-order valence-electron chi connectivity index (χ2n) is 5.01. The quantitative estimate of drug-likeness (QED) is 0.593. The van der Waals surface area contributed by atoms with Crippen molar-refractivity contribution in [2.75, 3.05) is 52.6 Å². The van der Waals surface area contributed by atoms with Crippen LogP contribution in [-0.2, 0) is 0 Å². The van der Waals surface area contributed by atoms with Gasteiger partial charge in [0.15, 0.2) is 5.78 Å². The molecule has 1 saturated heterocycles. The first-order valence-electron chi connectivity index (χ1n) is 6.74. The highest BCUT2D eigenvalue weighted by Gasteiger charge is 2.15. The van der Waals surface area contributed by atoms with Crippen LogP contribution < -0.4 is 15.9 Å². The summed E-state index contributed by atoms with van der Waals surface area (Å²) in [5.74, 6) is 0.617. The number of nitrogens with zero attached hydrogens (tertiary/aromatic N) is 2. The van der Waals surface area contributed by atoms with Crippen LogP contribution in [0, 0.1) is 0 Å². The van der Waals surface area contributed by atoms with Crippen molar-refractivity contribution >= 4 is 11.5 Å². The van der Waals surface area contributed by atoms with Crippen LogP contribution in [0.5, 0.6) is 5.75 Å². The maximum atomic E-state index is 12.1. The molecule has 3 N–H and O–H groups in total. The predicted octanol–water partition coefficient (Wildman–Crippen LogP) is 0.212. The Morgan fingerprint density at radius 1 is 1.35 bits per heavy atom. The molecular weight excluding hydrogens is 256 g/mol. The smallest absolute Gasteiger partial charge is 0.178 e. The number of nitrogens with two attached hydrogens (primary N) is 1. The van der Waals surface area contributed by atoms with Gasteiger partial charge in [-0.3, -0.25) is 4.79 Å². The van der Waals surface area contributed by atoms with Gasteiger partial charge in [0.2, 0.25) is 0 Å². The van der Waals surface area contributed by atoms with E-state index in [2.05, 4.69) is 22.4 Å². The molecule has 0 spiro atoms. The molecule has 110 valence electrons. The standard InChI is InChI=1S/C14H22N4O2/c1-17-5-7-18(8-6-17)16-10-13(19)11-3-4-14(20-2)12(15)9-11/h3-4,9,16H,5-8,10,15H2,1-2H3. The van der Waals surface area contributed by atoms with Gasteiger partial charge >= 0.3 is 0 Å².